The molecule has 23 heavy (non-hydrogen) atoms. The van der Waals surface area contributed by atoms with Gasteiger partial charge in [0.25, 0.3) is 5.91 Å². The number of aromatic nitrogens is 1. The first-order valence-corrected chi connectivity index (χ1v) is 8.02. The molecule has 0 fully saturated rings. The average Bonchev–Trinajstić information content (AvgIpc) is 3.06. The van der Waals surface area contributed by atoms with E-state index in [4.69, 9.17) is 0 Å². The molecule has 0 bridgehead atoms. The van der Waals surface area contributed by atoms with E-state index >= 15 is 0 Å². The molecule has 3 nitrogen and oxygen atoms in total. The third-order valence-electron chi connectivity index (χ3n) is 3.51. The molecule has 3 rings (SSSR count). The summed E-state index contributed by atoms with van der Waals surface area (Å²) in [6, 6.07) is 13.6. The Balaban J connectivity index is 1.72. The van der Waals surface area contributed by atoms with Crippen molar-refractivity contribution in [2.45, 2.75) is 13.0 Å². The number of nitrogens with one attached hydrogen (secondary N) is 1. The number of amides is 1. The predicted molar refractivity (Wildman–Crippen MR) is 89.8 cm³/mol. The predicted octanol–water partition coefficient (Wildman–Crippen LogP) is 4.44. The van der Waals surface area contributed by atoms with Crippen LogP contribution in [0.1, 0.15) is 28.2 Å². The van der Waals surface area contributed by atoms with Gasteiger partial charge in [-0.1, -0.05) is 12.1 Å². The first-order chi connectivity index (χ1) is 11.1. The Morgan fingerprint density at radius 2 is 1.78 bits per heavy atom. The van der Waals surface area contributed by atoms with Crippen LogP contribution in [-0.4, -0.2) is 10.9 Å². The first-order valence-electron chi connectivity index (χ1n) is 7.20. The van der Waals surface area contributed by atoms with E-state index in [2.05, 4.69) is 10.3 Å². The zero-order valence-electron chi connectivity index (χ0n) is 12.5. The third-order valence-corrected chi connectivity index (χ3v) is 4.65. The fourth-order valence-corrected chi connectivity index (χ4v) is 3.15. The van der Waals surface area contributed by atoms with E-state index in [0.717, 1.165) is 16.0 Å². The summed E-state index contributed by atoms with van der Waals surface area (Å²) in [6.45, 7) is 1.93. The lowest BCUT2D eigenvalue weighted by molar-refractivity contribution is 0.0944. The highest BCUT2D eigenvalue weighted by Crippen LogP contribution is 2.28. The highest BCUT2D eigenvalue weighted by atomic mass is 32.1. The second kappa shape index (κ2) is 6.71. The van der Waals surface area contributed by atoms with Gasteiger partial charge in [0.1, 0.15) is 5.82 Å². The zero-order valence-corrected chi connectivity index (χ0v) is 13.3. The smallest absolute Gasteiger partial charge is 0.261 e. The molecule has 2 aromatic heterocycles. The SMILES string of the molecule is CC(NC(=O)c1ccc(-c2ccc(F)cc2)s1)c1ccncc1. The van der Waals surface area contributed by atoms with E-state index in [1.165, 1.54) is 23.5 Å². The highest BCUT2D eigenvalue weighted by molar-refractivity contribution is 7.17. The van der Waals surface area contributed by atoms with Gasteiger partial charge in [-0.3, -0.25) is 9.78 Å². The van der Waals surface area contributed by atoms with Gasteiger partial charge in [-0.25, -0.2) is 4.39 Å². The van der Waals surface area contributed by atoms with Crippen molar-refractivity contribution in [1.29, 1.82) is 0 Å². The summed E-state index contributed by atoms with van der Waals surface area (Å²) in [5.41, 5.74) is 1.90. The summed E-state index contributed by atoms with van der Waals surface area (Å²) in [6.07, 6.45) is 3.41. The molecule has 0 radical (unpaired) electrons. The van der Waals surface area contributed by atoms with E-state index in [-0.39, 0.29) is 17.8 Å². The number of carbonyl (C=O) groups excluding carboxylic acids is 1. The van der Waals surface area contributed by atoms with Crippen molar-refractivity contribution in [3.63, 3.8) is 0 Å². The van der Waals surface area contributed by atoms with Crippen molar-refractivity contribution in [2.75, 3.05) is 0 Å². The summed E-state index contributed by atoms with van der Waals surface area (Å²) in [5.74, 6) is -0.387. The monoisotopic (exact) mass is 326 g/mol. The van der Waals surface area contributed by atoms with E-state index in [9.17, 15) is 9.18 Å². The molecule has 1 amide bonds. The van der Waals surface area contributed by atoms with Gasteiger partial charge in [-0.15, -0.1) is 11.3 Å². The van der Waals surface area contributed by atoms with Gasteiger partial charge >= 0.3 is 0 Å². The van der Waals surface area contributed by atoms with Crippen LogP contribution in [0.25, 0.3) is 10.4 Å². The number of hydrogen-bond acceptors (Lipinski definition) is 3. The minimum Gasteiger partial charge on any atom is -0.345 e. The molecule has 0 aliphatic carbocycles. The van der Waals surface area contributed by atoms with Crippen molar-refractivity contribution in [1.82, 2.24) is 10.3 Å². The quantitative estimate of drug-likeness (QED) is 0.770. The summed E-state index contributed by atoms with van der Waals surface area (Å²) in [5, 5.41) is 2.97. The maximum absolute atomic E-state index is 13.0. The molecular formula is C18H15FN2OS. The lowest BCUT2D eigenvalue weighted by Gasteiger charge is -2.13. The molecular weight excluding hydrogens is 311 g/mol. The van der Waals surface area contributed by atoms with Gasteiger partial charge in [0.05, 0.1) is 10.9 Å². The first kappa shape index (κ1) is 15.4. The summed E-state index contributed by atoms with van der Waals surface area (Å²) in [7, 11) is 0. The Morgan fingerprint density at radius 3 is 2.48 bits per heavy atom. The number of thiophene rings is 1. The van der Waals surface area contributed by atoms with Crippen LogP contribution in [0.4, 0.5) is 4.39 Å². The van der Waals surface area contributed by atoms with Gasteiger partial charge in [0.2, 0.25) is 0 Å². The van der Waals surface area contributed by atoms with Crippen LogP contribution in [0.2, 0.25) is 0 Å². The number of rotatable bonds is 4. The Labute approximate surface area is 137 Å². The van der Waals surface area contributed by atoms with Crippen LogP contribution in [0.15, 0.2) is 60.9 Å². The minimum atomic E-state index is -0.269. The van der Waals surface area contributed by atoms with Crippen molar-refractivity contribution >= 4 is 17.2 Å². The molecule has 0 saturated heterocycles. The van der Waals surface area contributed by atoms with Gasteiger partial charge < -0.3 is 5.32 Å². The van der Waals surface area contributed by atoms with Crippen LogP contribution in [0.5, 0.6) is 0 Å². The minimum absolute atomic E-state index is 0.0955. The average molecular weight is 326 g/mol. The van der Waals surface area contributed by atoms with E-state index < -0.39 is 0 Å². The molecule has 3 aromatic rings. The number of carbonyl (C=O) groups is 1. The largest absolute Gasteiger partial charge is 0.345 e. The van der Waals surface area contributed by atoms with Gasteiger partial charge in [-0.05, 0) is 54.4 Å². The number of halogens is 1. The molecule has 1 unspecified atom stereocenters. The molecule has 0 aliphatic rings. The highest BCUT2D eigenvalue weighted by Gasteiger charge is 2.14. The number of pyridine rings is 1. The van der Waals surface area contributed by atoms with Gasteiger partial charge in [0, 0.05) is 17.3 Å². The summed E-state index contributed by atoms with van der Waals surface area (Å²) < 4.78 is 13.0. The van der Waals surface area contributed by atoms with E-state index in [1.54, 1.807) is 30.6 Å². The molecule has 5 heteroatoms. The van der Waals surface area contributed by atoms with Crippen LogP contribution in [0.3, 0.4) is 0 Å². The van der Waals surface area contributed by atoms with Crippen molar-refractivity contribution in [3.05, 3.63) is 77.2 Å². The maximum atomic E-state index is 13.0. The van der Waals surface area contributed by atoms with Crippen molar-refractivity contribution in [3.8, 4) is 10.4 Å². The molecule has 0 aliphatic heterocycles. The molecule has 116 valence electrons. The Hall–Kier alpha value is -2.53. The second-order valence-electron chi connectivity index (χ2n) is 5.15. The lowest BCUT2D eigenvalue weighted by atomic mass is 10.1. The third kappa shape index (κ3) is 3.63. The van der Waals surface area contributed by atoms with Crippen LogP contribution in [-0.2, 0) is 0 Å². The molecule has 2 heterocycles. The fourth-order valence-electron chi connectivity index (χ4n) is 2.23. The van der Waals surface area contributed by atoms with Crippen LogP contribution in [0, 0.1) is 5.82 Å². The molecule has 0 saturated carbocycles. The number of hydrogen-bond donors (Lipinski definition) is 1. The molecule has 1 N–H and O–H groups in total. The van der Waals surface area contributed by atoms with Crippen LogP contribution < -0.4 is 5.32 Å². The number of nitrogens with zero attached hydrogens (tertiary/aromatic N) is 1. The molecule has 0 spiro atoms. The van der Waals surface area contributed by atoms with Crippen molar-refractivity contribution in [2.24, 2.45) is 0 Å². The molecule has 1 atom stereocenters. The topological polar surface area (TPSA) is 42.0 Å². The second-order valence-corrected chi connectivity index (χ2v) is 6.23. The lowest BCUT2D eigenvalue weighted by Crippen LogP contribution is -2.25. The fraction of sp³-hybridized carbons (Fsp3) is 0.111. The zero-order chi connectivity index (χ0) is 16.2. The van der Waals surface area contributed by atoms with Crippen LogP contribution >= 0.6 is 11.3 Å². The van der Waals surface area contributed by atoms with Gasteiger partial charge in [-0.2, -0.15) is 0 Å². The number of benzene rings is 1. The van der Waals surface area contributed by atoms with Gasteiger partial charge in [0.15, 0.2) is 0 Å². The van der Waals surface area contributed by atoms with E-state index in [0.29, 0.717) is 4.88 Å². The standard InChI is InChI=1S/C18H15FN2OS/c1-12(13-8-10-20-11-9-13)21-18(22)17-7-6-16(23-17)14-2-4-15(19)5-3-14/h2-12H,1H3,(H,21,22). The summed E-state index contributed by atoms with van der Waals surface area (Å²) in [4.78, 5) is 17.9. The Bertz CT molecular complexity index is 799. The normalized spacial score (nSPS) is 11.9. The summed E-state index contributed by atoms with van der Waals surface area (Å²) >= 11 is 1.39. The van der Waals surface area contributed by atoms with E-state index in [1.807, 2.05) is 25.1 Å². The maximum Gasteiger partial charge on any atom is 0.261 e. The molecule has 1 aromatic carbocycles. The Morgan fingerprint density at radius 1 is 1.09 bits per heavy atom. The Kier molecular flexibility index (Phi) is 4.48. The van der Waals surface area contributed by atoms with Crippen molar-refractivity contribution < 1.29 is 9.18 Å².